The zero-order chi connectivity index (χ0) is 16.0. The summed E-state index contributed by atoms with van der Waals surface area (Å²) in [4.78, 5) is 15.0. The SMILES string of the molecule is C/C(CC12CC3CC(CC(C3)C1)C2)=N/NC(=O)c1cc(Br)c[nH]1. The summed E-state index contributed by atoms with van der Waals surface area (Å²) in [6.07, 6.45) is 11.3. The Morgan fingerprint density at radius 2 is 1.91 bits per heavy atom. The maximum atomic E-state index is 12.1. The second kappa shape index (κ2) is 5.76. The van der Waals surface area contributed by atoms with Gasteiger partial charge in [0.05, 0.1) is 0 Å². The van der Waals surface area contributed by atoms with Gasteiger partial charge in [-0.2, -0.15) is 5.10 Å². The van der Waals surface area contributed by atoms with E-state index in [4.69, 9.17) is 0 Å². The number of carbonyl (C=O) groups is 1. The Labute approximate surface area is 145 Å². The van der Waals surface area contributed by atoms with E-state index in [2.05, 4.69) is 38.4 Å². The van der Waals surface area contributed by atoms with Crippen molar-refractivity contribution >= 4 is 27.5 Å². The monoisotopic (exact) mass is 377 g/mol. The molecule has 23 heavy (non-hydrogen) atoms. The van der Waals surface area contributed by atoms with Crippen LogP contribution in [-0.2, 0) is 0 Å². The molecule has 0 unspecified atom stereocenters. The second-order valence-corrected chi connectivity index (χ2v) is 9.03. The van der Waals surface area contributed by atoms with Crippen molar-refractivity contribution in [3.63, 3.8) is 0 Å². The molecule has 0 radical (unpaired) electrons. The van der Waals surface area contributed by atoms with Crippen molar-refractivity contribution in [1.29, 1.82) is 0 Å². The standard InChI is InChI=1S/C18H24BrN3O/c1-11(21-22-17(23)16-5-15(19)10-20-16)6-18-7-12-2-13(8-18)4-14(3-12)9-18/h5,10,12-14,20H,2-4,6-9H2,1H3,(H,22,23)/b21-11-. The van der Waals surface area contributed by atoms with Crippen LogP contribution < -0.4 is 5.43 Å². The van der Waals surface area contributed by atoms with E-state index in [0.29, 0.717) is 11.1 Å². The molecule has 0 saturated heterocycles. The minimum Gasteiger partial charge on any atom is -0.356 e. The van der Waals surface area contributed by atoms with Gasteiger partial charge in [0.2, 0.25) is 0 Å². The summed E-state index contributed by atoms with van der Waals surface area (Å²) in [7, 11) is 0. The molecule has 4 fully saturated rings. The number of nitrogens with one attached hydrogen (secondary N) is 2. The molecule has 5 heteroatoms. The molecule has 0 atom stereocenters. The smallest absolute Gasteiger partial charge is 0.287 e. The first-order valence-electron chi connectivity index (χ1n) is 8.69. The number of H-pyrrole nitrogens is 1. The number of halogens is 1. The molecule has 0 spiro atoms. The molecule has 4 saturated carbocycles. The van der Waals surface area contributed by atoms with E-state index in [1.165, 1.54) is 38.5 Å². The van der Waals surface area contributed by atoms with Gasteiger partial charge in [-0.05, 0) is 97.0 Å². The highest BCUT2D eigenvalue weighted by atomic mass is 79.9. The average molecular weight is 378 g/mol. The van der Waals surface area contributed by atoms with Crippen LogP contribution in [0.3, 0.4) is 0 Å². The van der Waals surface area contributed by atoms with Gasteiger partial charge in [-0.1, -0.05) is 0 Å². The van der Waals surface area contributed by atoms with Crippen LogP contribution in [0.4, 0.5) is 0 Å². The van der Waals surface area contributed by atoms with Crippen LogP contribution in [-0.4, -0.2) is 16.6 Å². The van der Waals surface area contributed by atoms with Crippen LogP contribution in [0.5, 0.6) is 0 Å². The van der Waals surface area contributed by atoms with Crippen LogP contribution >= 0.6 is 15.9 Å². The number of nitrogens with zero attached hydrogens (tertiary/aromatic N) is 1. The van der Waals surface area contributed by atoms with Crippen LogP contribution in [0.15, 0.2) is 21.8 Å². The average Bonchev–Trinajstić information content (AvgIpc) is 2.89. The number of hydrogen-bond acceptors (Lipinski definition) is 2. The van der Waals surface area contributed by atoms with Gasteiger partial charge in [0.15, 0.2) is 0 Å². The van der Waals surface area contributed by atoms with Crippen molar-refractivity contribution in [2.45, 2.75) is 51.9 Å². The van der Waals surface area contributed by atoms with E-state index < -0.39 is 0 Å². The highest BCUT2D eigenvalue weighted by molar-refractivity contribution is 9.10. The molecular weight excluding hydrogens is 354 g/mol. The predicted octanol–water partition coefficient (Wildman–Crippen LogP) is 4.49. The van der Waals surface area contributed by atoms with Gasteiger partial charge in [0.25, 0.3) is 5.91 Å². The maximum Gasteiger partial charge on any atom is 0.287 e. The molecule has 2 N–H and O–H groups in total. The number of hydrazone groups is 1. The van der Waals surface area contributed by atoms with Gasteiger partial charge < -0.3 is 4.98 Å². The zero-order valence-electron chi connectivity index (χ0n) is 13.6. The van der Waals surface area contributed by atoms with E-state index in [9.17, 15) is 4.79 Å². The lowest BCUT2D eigenvalue weighted by Crippen LogP contribution is -2.46. The lowest BCUT2D eigenvalue weighted by molar-refractivity contribution is -0.0482. The number of hydrogen-bond donors (Lipinski definition) is 2. The second-order valence-electron chi connectivity index (χ2n) is 8.11. The first-order chi connectivity index (χ1) is 11.0. The predicted molar refractivity (Wildman–Crippen MR) is 94.3 cm³/mol. The van der Waals surface area contributed by atoms with Crippen LogP contribution in [0.25, 0.3) is 0 Å². The van der Waals surface area contributed by atoms with Crippen molar-refractivity contribution in [3.05, 3.63) is 22.4 Å². The van der Waals surface area contributed by atoms with Gasteiger partial charge in [-0.15, -0.1) is 0 Å². The van der Waals surface area contributed by atoms with Gasteiger partial charge in [-0.3, -0.25) is 4.79 Å². The molecule has 1 amide bonds. The Morgan fingerprint density at radius 3 is 2.43 bits per heavy atom. The highest BCUT2D eigenvalue weighted by Gasteiger charge is 2.50. The number of aromatic amines is 1. The summed E-state index contributed by atoms with van der Waals surface area (Å²) in [5.74, 6) is 2.69. The van der Waals surface area contributed by atoms with E-state index in [-0.39, 0.29) is 5.91 Å². The minimum absolute atomic E-state index is 0.180. The number of amides is 1. The fourth-order valence-corrected chi connectivity index (χ4v) is 6.14. The van der Waals surface area contributed by atoms with Gasteiger partial charge >= 0.3 is 0 Å². The van der Waals surface area contributed by atoms with Crippen molar-refractivity contribution in [2.75, 3.05) is 0 Å². The van der Waals surface area contributed by atoms with E-state index in [1.54, 1.807) is 12.3 Å². The van der Waals surface area contributed by atoms with Crippen molar-refractivity contribution in [2.24, 2.45) is 28.3 Å². The first kappa shape index (κ1) is 15.4. The van der Waals surface area contributed by atoms with E-state index in [0.717, 1.165) is 34.4 Å². The Morgan fingerprint density at radius 1 is 1.30 bits per heavy atom. The Bertz CT molecular complexity index is 613. The molecule has 5 rings (SSSR count). The molecule has 124 valence electrons. The largest absolute Gasteiger partial charge is 0.356 e. The fourth-order valence-electron chi connectivity index (χ4n) is 5.79. The van der Waals surface area contributed by atoms with Crippen molar-refractivity contribution in [1.82, 2.24) is 10.4 Å². The molecule has 4 aliphatic rings. The van der Waals surface area contributed by atoms with Gasteiger partial charge in [0, 0.05) is 16.4 Å². The highest BCUT2D eigenvalue weighted by Crippen LogP contribution is 2.61. The zero-order valence-corrected chi connectivity index (χ0v) is 15.2. The Hall–Kier alpha value is -1.10. The van der Waals surface area contributed by atoms with Crippen molar-refractivity contribution < 1.29 is 4.79 Å². The van der Waals surface area contributed by atoms with Crippen LogP contribution in [0, 0.1) is 23.2 Å². The minimum atomic E-state index is -0.180. The summed E-state index contributed by atoms with van der Waals surface area (Å²) < 4.78 is 0.872. The summed E-state index contributed by atoms with van der Waals surface area (Å²) in [6, 6.07) is 1.76. The molecule has 4 aliphatic carbocycles. The van der Waals surface area contributed by atoms with E-state index >= 15 is 0 Å². The molecular formula is C18H24BrN3O. The van der Waals surface area contributed by atoms with Gasteiger partial charge in [-0.25, -0.2) is 5.43 Å². The fraction of sp³-hybridized carbons (Fsp3) is 0.667. The molecule has 1 aromatic rings. The Kier molecular flexibility index (Phi) is 3.87. The normalized spacial score (nSPS) is 35.6. The quantitative estimate of drug-likeness (QED) is 0.589. The summed E-state index contributed by atoms with van der Waals surface area (Å²) in [5, 5.41) is 4.37. The lowest BCUT2D eigenvalue weighted by atomic mass is 9.48. The number of carbonyl (C=O) groups excluding carboxylic acids is 1. The molecule has 1 heterocycles. The maximum absolute atomic E-state index is 12.1. The molecule has 4 bridgehead atoms. The molecule has 4 nitrogen and oxygen atoms in total. The third-order valence-corrected chi connectivity index (χ3v) is 6.49. The summed E-state index contributed by atoms with van der Waals surface area (Å²) in [6.45, 7) is 2.06. The summed E-state index contributed by atoms with van der Waals surface area (Å²) in [5.41, 5.74) is 4.76. The molecule has 1 aromatic heterocycles. The molecule has 0 aromatic carbocycles. The lowest BCUT2D eigenvalue weighted by Gasteiger charge is -2.57. The summed E-state index contributed by atoms with van der Waals surface area (Å²) >= 11 is 3.34. The third-order valence-electron chi connectivity index (χ3n) is 6.04. The van der Waals surface area contributed by atoms with E-state index in [1.807, 2.05) is 0 Å². The topological polar surface area (TPSA) is 57.2 Å². The molecule has 0 aliphatic heterocycles. The van der Waals surface area contributed by atoms with Crippen LogP contribution in [0.2, 0.25) is 0 Å². The Balaban J connectivity index is 1.39. The van der Waals surface area contributed by atoms with Crippen LogP contribution in [0.1, 0.15) is 62.4 Å². The van der Waals surface area contributed by atoms with Crippen molar-refractivity contribution in [3.8, 4) is 0 Å². The van der Waals surface area contributed by atoms with Gasteiger partial charge in [0.1, 0.15) is 5.69 Å². The first-order valence-corrected chi connectivity index (χ1v) is 9.48. The number of rotatable bonds is 4. The number of aromatic nitrogens is 1. The third kappa shape index (κ3) is 3.12.